The zero-order chi connectivity index (χ0) is 25.6. The van der Waals surface area contributed by atoms with E-state index in [1.54, 1.807) is 11.1 Å². The summed E-state index contributed by atoms with van der Waals surface area (Å²) in [6, 6.07) is 25.9. The third-order valence-electron chi connectivity index (χ3n) is 11.6. The Hall–Kier alpha value is -2.74. The highest BCUT2D eigenvalue weighted by Crippen LogP contribution is 2.63. The number of aryl methyl sites for hydroxylation is 1. The van der Waals surface area contributed by atoms with Crippen LogP contribution in [0.2, 0.25) is 0 Å². The topological polar surface area (TPSA) is 6.48 Å². The van der Waals surface area contributed by atoms with E-state index in [1.165, 1.54) is 79.7 Å². The molecule has 192 valence electrons. The maximum Gasteiger partial charge on any atom is 0.0517 e. The molecule has 2 heterocycles. The van der Waals surface area contributed by atoms with E-state index in [0.717, 1.165) is 0 Å². The lowest BCUT2D eigenvalue weighted by molar-refractivity contribution is 0.194. The first-order valence-electron chi connectivity index (χ1n) is 14.6. The number of anilines is 4. The van der Waals surface area contributed by atoms with Crippen LogP contribution in [0.1, 0.15) is 95.8 Å². The third kappa shape index (κ3) is 2.83. The highest BCUT2D eigenvalue weighted by molar-refractivity contribution is 5.82. The van der Waals surface area contributed by atoms with Crippen molar-refractivity contribution in [3.8, 4) is 0 Å². The van der Waals surface area contributed by atoms with Crippen LogP contribution in [-0.4, -0.2) is 11.1 Å². The largest absolute Gasteiger partial charge is 0.334 e. The van der Waals surface area contributed by atoms with Crippen LogP contribution in [-0.2, 0) is 10.8 Å². The summed E-state index contributed by atoms with van der Waals surface area (Å²) in [7, 11) is 0. The van der Waals surface area contributed by atoms with Gasteiger partial charge >= 0.3 is 0 Å². The SMILES string of the molecule is Cc1cc(N2c3ccccc3C3(C)CCCCC23C)cc(N2c3ccccc3C3(C)CCCCC23C)c1. The zero-order valence-corrected chi connectivity index (χ0v) is 23.4. The van der Waals surface area contributed by atoms with Gasteiger partial charge in [-0.25, -0.2) is 0 Å². The molecule has 3 aromatic carbocycles. The summed E-state index contributed by atoms with van der Waals surface area (Å²) >= 11 is 0. The van der Waals surface area contributed by atoms with Crippen molar-refractivity contribution in [2.75, 3.05) is 9.80 Å². The van der Waals surface area contributed by atoms with E-state index in [0.29, 0.717) is 0 Å². The Kier molecular flexibility index (Phi) is 4.84. The molecule has 0 radical (unpaired) electrons. The summed E-state index contributed by atoms with van der Waals surface area (Å²) < 4.78 is 0. The van der Waals surface area contributed by atoms with Gasteiger partial charge < -0.3 is 9.80 Å². The third-order valence-corrected chi connectivity index (χ3v) is 11.6. The van der Waals surface area contributed by atoms with Gasteiger partial charge in [-0.2, -0.15) is 0 Å². The molecule has 3 aromatic rings. The molecule has 0 saturated heterocycles. The van der Waals surface area contributed by atoms with E-state index in [2.05, 4.69) is 111 Å². The first kappa shape index (κ1) is 23.4. The predicted molar refractivity (Wildman–Crippen MR) is 157 cm³/mol. The number of benzene rings is 3. The smallest absolute Gasteiger partial charge is 0.0517 e. The number of hydrogen-bond acceptors (Lipinski definition) is 2. The van der Waals surface area contributed by atoms with Crippen LogP contribution >= 0.6 is 0 Å². The molecule has 7 rings (SSSR count). The molecule has 2 heteroatoms. The average Bonchev–Trinajstić information content (AvgIpc) is 3.23. The molecule has 2 aliphatic heterocycles. The molecule has 4 aliphatic rings. The lowest BCUT2D eigenvalue weighted by Crippen LogP contribution is -2.55. The van der Waals surface area contributed by atoms with Gasteiger partial charge in [0.1, 0.15) is 0 Å². The summed E-state index contributed by atoms with van der Waals surface area (Å²) in [5.74, 6) is 0. The fourth-order valence-corrected chi connectivity index (χ4v) is 9.20. The average molecular weight is 491 g/mol. The van der Waals surface area contributed by atoms with Crippen LogP contribution < -0.4 is 9.80 Å². The number of rotatable bonds is 2. The molecule has 37 heavy (non-hydrogen) atoms. The second-order valence-corrected chi connectivity index (χ2v) is 13.4. The van der Waals surface area contributed by atoms with Crippen LogP contribution in [0.4, 0.5) is 22.7 Å². The van der Waals surface area contributed by atoms with E-state index in [9.17, 15) is 0 Å². The van der Waals surface area contributed by atoms with Crippen molar-refractivity contribution in [2.45, 2.75) is 108 Å². The molecule has 0 N–H and O–H groups in total. The fraction of sp³-hybridized carbons (Fsp3) is 0.486. The molecule has 0 amide bonds. The number of nitrogens with zero attached hydrogens (tertiary/aromatic N) is 2. The number of hydrogen-bond donors (Lipinski definition) is 0. The minimum absolute atomic E-state index is 0.0895. The van der Waals surface area contributed by atoms with Crippen molar-refractivity contribution < 1.29 is 0 Å². The van der Waals surface area contributed by atoms with Gasteiger partial charge in [0.15, 0.2) is 0 Å². The molecule has 4 unspecified atom stereocenters. The van der Waals surface area contributed by atoms with Gasteiger partial charge in [-0.1, -0.05) is 75.9 Å². The van der Waals surface area contributed by atoms with E-state index in [-0.39, 0.29) is 21.9 Å². The van der Waals surface area contributed by atoms with Gasteiger partial charge in [0.2, 0.25) is 0 Å². The summed E-state index contributed by atoms with van der Waals surface area (Å²) in [6.45, 7) is 12.4. The Morgan fingerprint density at radius 3 is 1.41 bits per heavy atom. The maximum absolute atomic E-state index is 2.74. The molecule has 2 saturated carbocycles. The van der Waals surface area contributed by atoms with Crippen molar-refractivity contribution in [2.24, 2.45) is 0 Å². The summed E-state index contributed by atoms with van der Waals surface area (Å²) in [4.78, 5) is 5.48. The van der Waals surface area contributed by atoms with Gasteiger partial charge in [-0.15, -0.1) is 0 Å². The lowest BCUT2D eigenvalue weighted by Gasteiger charge is -2.51. The fourth-order valence-electron chi connectivity index (χ4n) is 9.20. The Balaban J connectivity index is 1.43. The van der Waals surface area contributed by atoms with E-state index in [1.807, 2.05) is 0 Å². The molecular formula is C35H42N2. The molecular weight excluding hydrogens is 448 g/mol. The van der Waals surface area contributed by atoms with Crippen molar-refractivity contribution in [1.29, 1.82) is 0 Å². The quantitative estimate of drug-likeness (QED) is 0.353. The molecule has 2 nitrogen and oxygen atoms in total. The molecule has 2 fully saturated rings. The highest BCUT2D eigenvalue weighted by atomic mass is 15.3. The maximum atomic E-state index is 2.74. The van der Waals surface area contributed by atoms with E-state index >= 15 is 0 Å². The minimum atomic E-state index is 0.0895. The van der Waals surface area contributed by atoms with Gasteiger partial charge in [-0.05, 0) is 93.5 Å². The molecule has 0 spiro atoms. The van der Waals surface area contributed by atoms with E-state index < -0.39 is 0 Å². The first-order chi connectivity index (χ1) is 17.7. The second kappa shape index (κ2) is 7.65. The van der Waals surface area contributed by atoms with Gasteiger partial charge in [0.05, 0.1) is 11.1 Å². The van der Waals surface area contributed by atoms with Crippen LogP contribution in [0.5, 0.6) is 0 Å². The Labute approximate surface area is 223 Å². The number of para-hydroxylation sites is 2. The number of fused-ring (bicyclic) bond motifs is 6. The highest BCUT2D eigenvalue weighted by Gasteiger charge is 2.59. The standard InChI is InChI=1S/C35H42N2/c1-25-22-26(36-30-16-8-6-14-28(30)32(2)18-10-12-20-34(32,36)4)24-27(23-25)37-31-17-9-7-15-29(31)33(3)19-11-13-21-35(33,37)5/h6-9,14-17,22-24H,10-13,18-21H2,1-5H3. The first-order valence-corrected chi connectivity index (χ1v) is 14.6. The lowest BCUT2D eigenvalue weighted by atomic mass is 9.61. The van der Waals surface area contributed by atoms with Gasteiger partial charge in [0.25, 0.3) is 0 Å². The Bertz CT molecular complexity index is 1290. The minimum Gasteiger partial charge on any atom is -0.334 e. The van der Waals surface area contributed by atoms with Crippen molar-refractivity contribution >= 4 is 22.7 Å². The Morgan fingerprint density at radius 2 is 0.946 bits per heavy atom. The van der Waals surface area contributed by atoms with Gasteiger partial charge in [0, 0.05) is 33.6 Å². The molecule has 0 aromatic heterocycles. The summed E-state index contributed by atoms with van der Waals surface area (Å²) in [6.07, 6.45) is 10.3. The summed E-state index contributed by atoms with van der Waals surface area (Å²) in [5, 5.41) is 0. The normalized spacial score (nSPS) is 34.1. The van der Waals surface area contributed by atoms with E-state index in [4.69, 9.17) is 0 Å². The second-order valence-electron chi connectivity index (χ2n) is 13.4. The van der Waals surface area contributed by atoms with Crippen molar-refractivity contribution in [3.63, 3.8) is 0 Å². The predicted octanol–water partition coefficient (Wildman–Crippen LogP) is 9.48. The Morgan fingerprint density at radius 1 is 0.541 bits per heavy atom. The van der Waals surface area contributed by atoms with Crippen molar-refractivity contribution in [1.82, 2.24) is 0 Å². The van der Waals surface area contributed by atoms with Gasteiger partial charge in [-0.3, -0.25) is 0 Å². The molecule has 0 bridgehead atoms. The van der Waals surface area contributed by atoms with Crippen molar-refractivity contribution in [3.05, 3.63) is 83.4 Å². The van der Waals surface area contributed by atoms with Crippen LogP contribution in [0.3, 0.4) is 0 Å². The van der Waals surface area contributed by atoms with Crippen LogP contribution in [0.15, 0.2) is 66.7 Å². The zero-order valence-electron chi connectivity index (χ0n) is 23.4. The monoisotopic (exact) mass is 490 g/mol. The molecule has 2 aliphatic carbocycles. The molecule has 4 atom stereocenters. The van der Waals surface area contributed by atoms with Crippen LogP contribution in [0.25, 0.3) is 0 Å². The summed E-state index contributed by atoms with van der Waals surface area (Å²) in [5.41, 5.74) is 10.5. The van der Waals surface area contributed by atoms with Crippen LogP contribution in [0, 0.1) is 6.92 Å².